The zero-order valence-electron chi connectivity index (χ0n) is 31.9. The number of pyridine rings is 1. The molecule has 7 rings (SSSR count). The lowest BCUT2D eigenvalue weighted by atomic mass is 9.42. The fourth-order valence-corrected chi connectivity index (χ4v) is 11.9. The van der Waals surface area contributed by atoms with E-state index in [1.165, 1.54) is 0 Å². The Morgan fingerprint density at radius 3 is 2.57 bits per heavy atom. The van der Waals surface area contributed by atoms with Crippen LogP contribution in [0, 0.1) is 65.1 Å². The Bertz CT molecular complexity index is 1970. The van der Waals surface area contributed by atoms with Crippen molar-refractivity contribution in [1.29, 1.82) is 0 Å². The number of aliphatic hydroxyl groups is 3. The highest BCUT2D eigenvalue weighted by Crippen LogP contribution is 2.69. The lowest BCUT2D eigenvalue weighted by molar-refractivity contribution is -0.211. The van der Waals surface area contributed by atoms with Gasteiger partial charge in [0.05, 0.1) is 34.7 Å². The topological polar surface area (TPSA) is 140 Å². The number of aliphatic hydroxyl groups excluding tert-OH is 2. The number of aliphatic carboxylic acids is 1. The highest BCUT2D eigenvalue weighted by atomic mass is 16.4. The van der Waals surface area contributed by atoms with Crippen molar-refractivity contribution in [2.24, 2.45) is 46.3 Å². The van der Waals surface area contributed by atoms with Crippen LogP contribution in [0.5, 0.6) is 0 Å². The molecule has 1 heterocycles. The van der Waals surface area contributed by atoms with Crippen molar-refractivity contribution in [3.63, 3.8) is 0 Å². The van der Waals surface area contributed by atoms with Crippen LogP contribution in [0.15, 0.2) is 48.5 Å². The lowest BCUT2D eigenvalue weighted by Gasteiger charge is -2.64. The number of para-hydroxylation sites is 1. The maximum absolute atomic E-state index is 12.6. The molecule has 3 aromatic rings. The molecule has 11 atom stereocenters. The summed E-state index contributed by atoms with van der Waals surface area (Å²) in [5.74, 6) is 6.68. The molecule has 0 saturated heterocycles. The van der Waals surface area contributed by atoms with Gasteiger partial charge >= 0.3 is 5.97 Å². The number of hydrogen-bond acceptors (Lipinski definition) is 7. The summed E-state index contributed by atoms with van der Waals surface area (Å²) in [6, 6.07) is 15.8. The zero-order chi connectivity index (χ0) is 37.9. The summed E-state index contributed by atoms with van der Waals surface area (Å²) in [6.07, 6.45) is 4.73. The molecule has 4 saturated carbocycles. The van der Waals surface area contributed by atoms with Crippen LogP contribution >= 0.6 is 0 Å². The summed E-state index contributed by atoms with van der Waals surface area (Å²) in [5, 5.41) is 49.4. The molecule has 0 amide bonds. The molecule has 8 nitrogen and oxygen atoms in total. The molecule has 282 valence electrons. The number of hydrogen-bond donors (Lipinski definition) is 5. The Balaban J connectivity index is 1.06. The Morgan fingerprint density at radius 2 is 1.81 bits per heavy atom. The maximum atomic E-state index is 12.6. The van der Waals surface area contributed by atoms with Crippen LogP contribution in [0.1, 0.15) is 113 Å². The average Bonchev–Trinajstić information content (AvgIpc) is 3.48. The number of aromatic nitrogens is 1. The van der Waals surface area contributed by atoms with Gasteiger partial charge in [0.25, 0.3) is 0 Å². The smallest absolute Gasteiger partial charge is 0.303 e. The standard InChI is InChI=1S/C45H56N2O6/c1-26(13-16-39(51)52)33-14-15-34-41-35(23-38(50)44(33,34)5)43(4)19-20-45(53,24-31(43)22-37(41)49)18-17-29-9-8-10-30(21-29)25-46-42-32-11-6-7-12-36(32)47-27(2)40(42)28(3)48/h6-12,21,26,31,33-35,37-38,41,49-50,53H,13-16,19-20,22-25H2,1-5H3,(H,46,47)(H,51,52). The highest BCUT2D eigenvalue weighted by Gasteiger charge is 2.66. The van der Waals surface area contributed by atoms with Crippen LogP contribution in [-0.4, -0.2) is 55.0 Å². The van der Waals surface area contributed by atoms with Gasteiger partial charge in [-0.15, -0.1) is 0 Å². The summed E-state index contributed by atoms with van der Waals surface area (Å²) in [5.41, 5.74) is 3.08. The first-order chi connectivity index (χ1) is 25.1. The van der Waals surface area contributed by atoms with Crippen molar-refractivity contribution in [3.8, 4) is 11.8 Å². The number of benzene rings is 2. The van der Waals surface area contributed by atoms with Gasteiger partial charge in [-0.2, -0.15) is 0 Å². The van der Waals surface area contributed by atoms with E-state index in [0.717, 1.165) is 47.0 Å². The van der Waals surface area contributed by atoms with Crippen molar-refractivity contribution in [1.82, 2.24) is 4.98 Å². The average molecular weight is 721 g/mol. The van der Waals surface area contributed by atoms with E-state index >= 15 is 0 Å². The van der Waals surface area contributed by atoms with Gasteiger partial charge in [0.2, 0.25) is 0 Å². The van der Waals surface area contributed by atoms with Crippen LogP contribution in [0.3, 0.4) is 0 Å². The monoisotopic (exact) mass is 720 g/mol. The van der Waals surface area contributed by atoms with Crippen molar-refractivity contribution < 1.29 is 30.0 Å². The third-order valence-electron chi connectivity index (χ3n) is 14.7. The molecule has 5 N–H and O–H groups in total. The normalized spacial score (nSPS) is 35.3. The largest absolute Gasteiger partial charge is 0.481 e. The maximum Gasteiger partial charge on any atom is 0.303 e. The van der Waals surface area contributed by atoms with Crippen molar-refractivity contribution >= 4 is 28.3 Å². The van der Waals surface area contributed by atoms with E-state index in [2.05, 4.69) is 42.9 Å². The molecule has 8 heteroatoms. The molecular formula is C45H56N2O6. The quantitative estimate of drug-likeness (QED) is 0.119. The summed E-state index contributed by atoms with van der Waals surface area (Å²) in [7, 11) is 0. The SMILES string of the molecule is CC(=O)c1c(C)nc2ccccc2c1NCc1cccc(C#CC2(O)CCC3(C)C(CC(O)C4C3CC(O)C3(C)C(C(C)CCC(=O)O)CCC43)C2)c1. The van der Waals surface area contributed by atoms with Gasteiger partial charge in [-0.3, -0.25) is 14.6 Å². The van der Waals surface area contributed by atoms with Crippen LogP contribution in [0.4, 0.5) is 5.69 Å². The Hall–Kier alpha value is -3.77. The van der Waals surface area contributed by atoms with Gasteiger partial charge < -0.3 is 25.7 Å². The predicted octanol–water partition coefficient (Wildman–Crippen LogP) is 7.54. The number of carboxylic acids is 1. The van der Waals surface area contributed by atoms with Gasteiger partial charge in [-0.05, 0) is 135 Å². The second kappa shape index (κ2) is 14.1. The second-order valence-electron chi connectivity index (χ2n) is 17.6. The Morgan fingerprint density at radius 1 is 1.04 bits per heavy atom. The molecule has 11 unspecified atom stereocenters. The summed E-state index contributed by atoms with van der Waals surface area (Å²) < 4.78 is 0. The van der Waals surface area contributed by atoms with Crippen molar-refractivity contribution in [3.05, 3.63) is 70.9 Å². The van der Waals surface area contributed by atoms with Gasteiger partial charge in [-0.1, -0.05) is 62.9 Å². The van der Waals surface area contributed by atoms with E-state index in [1.807, 2.05) is 55.5 Å². The highest BCUT2D eigenvalue weighted by molar-refractivity contribution is 6.08. The number of rotatable bonds is 8. The van der Waals surface area contributed by atoms with Gasteiger partial charge in [-0.25, -0.2) is 0 Å². The number of Topliss-reactive ketones (excluding diaryl/α,β-unsaturated/α-hetero) is 1. The number of nitrogens with one attached hydrogen (secondary N) is 1. The van der Waals surface area contributed by atoms with E-state index in [4.69, 9.17) is 0 Å². The molecule has 0 aliphatic heterocycles. The number of carboxylic acid groups (broad SMARTS) is 1. The molecule has 4 fully saturated rings. The fourth-order valence-electron chi connectivity index (χ4n) is 11.9. The molecular weight excluding hydrogens is 665 g/mol. The van der Waals surface area contributed by atoms with Crippen molar-refractivity contribution in [2.75, 3.05) is 5.32 Å². The number of anilines is 1. The lowest BCUT2D eigenvalue weighted by Crippen LogP contribution is -2.63. The van der Waals surface area contributed by atoms with Crippen LogP contribution in [0.25, 0.3) is 10.9 Å². The minimum Gasteiger partial charge on any atom is -0.481 e. The van der Waals surface area contributed by atoms with Gasteiger partial charge in [0.1, 0.15) is 5.60 Å². The number of fused-ring (bicyclic) bond motifs is 6. The third kappa shape index (κ3) is 6.68. The summed E-state index contributed by atoms with van der Waals surface area (Å²) in [4.78, 5) is 28.6. The van der Waals surface area contributed by atoms with Gasteiger partial charge in [0, 0.05) is 23.9 Å². The van der Waals surface area contributed by atoms with E-state index in [0.29, 0.717) is 49.9 Å². The predicted molar refractivity (Wildman–Crippen MR) is 206 cm³/mol. The molecule has 1 aromatic heterocycles. The second-order valence-corrected chi connectivity index (χ2v) is 17.6. The Labute approximate surface area is 313 Å². The first kappa shape index (κ1) is 37.5. The van der Waals surface area contributed by atoms with E-state index < -0.39 is 23.8 Å². The van der Waals surface area contributed by atoms with Gasteiger partial charge in [0.15, 0.2) is 5.78 Å². The molecule has 0 spiro atoms. The Kier molecular flexibility index (Phi) is 10.0. The summed E-state index contributed by atoms with van der Waals surface area (Å²) >= 11 is 0. The molecule has 0 radical (unpaired) electrons. The zero-order valence-corrected chi connectivity index (χ0v) is 31.9. The number of ketones is 1. The molecule has 4 aliphatic carbocycles. The first-order valence-corrected chi connectivity index (χ1v) is 19.7. The van der Waals surface area contributed by atoms with E-state index in [1.54, 1.807) is 6.92 Å². The van der Waals surface area contributed by atoms with E-state index in [-0.39, 0.29) is 58.5 Å². The summed E-state index contributed by atoms with van der Waals surface area (Å²) in [6.45, 7) is 10.6. The van der Waals surface area contributed by atoms with Crippen molar-refractivity contribution in [2.45, 2.75) is 117 Å². The molecule has 2 aromatic carbocycles. The number of carbonyl (C=O) groups is 2. The number of carbonyl (C=O) groups excluding carboxylic acids is 1. The van der Waals surface area contributed by atoms with Crippen LogP contribution < -0.4 is 5.32 Å². The van der Waals surface area contributed by atoms with E-state index in [9.17, 15) is 30.0 Å². The fraction of sp³-hybridized carbons (Fsp3) is 0.578. The van der Waals surface area contributed by atoms with Crippen LogP contribution in [-0.2, 0) is 11.3 Å². The minimum atomic E-state index is -1.17. The molecule has 53 heavy (non-hydrogen) atoms. The first-order valence-electron chi connectivity index (χ1n) is 19.7. The third-order valence-corrected chi connectivity index (χ3v) is 14.7. The molecule has 4 aliphatic rings. The van der Waals surface area contributed by atoms with Crippen LogP contribution in [0.2, 0.25) is 0 Å². The number of nitrogens with zero attached hydrogens (tertiary/aromatic N) is 1. The minimum absolute atomic E-state index is 0.0365. The number of aryl methyl sites for hydroxylation is 1. The molecule has 0 bridgehead atoms.